The van der Waals surface area contributed by atoms with Gasteiger partial charge >= 0.3 is 5.97 Å². The lowest BCUT2D eigenvalue weighted by molar-refractivity contribution is -0.139. The van der Waals surface area contributed by atoms with Gasteiger partial charge in [-0.1, -0.05) is 18.2 Å². The summed E-state index contributed by atoms with van der Waals surface area (Å²) in [4.78, 5) is 13.7. The largest absolute Gasteiger partial charge is 0.481 e. The molecule has 4 heteroatoms. The van der Waals surface area contributed by atoms with Crippen molar-refractivity contribution in [3.05, 3.63) is 52.2 Å². The molecule has 1 aromatic heterocycles. The number of rotatable bonds is 4. The number of fused-ring (bicyclic) bond motifs is 1. The minimum atomic E-state index is -0.713. The fourth-order valence-electron chi connectivity index (χ4n) is 2.82. The van der Waals surface area contributed by atoms with E-state index in [0.717, 1.165) is 30.8 Å². The Bertz CT molecular complexity index is 594. The molecular weight excluding hydrogens is 270 g/mol. The summed E-state index contributed by atoms with van der Waals surface area (Å²) in [5.41, 5.74) is 3.39. The van der Waals surface area contributed by atoms with Crippen LogP contribution in [0, 0.1) is 0 Å². The van der Waals surface area contributed by atoms with Crippen LogP contribution < -0.4 is 4.90 Å². The number of carboxylic acid groups (broad SMARTS) is 1. The molecule has 3 rings (SSSR count). The third kappa shape index (κ3) is 2.56. The van der Waals surface area contributed by atoms with E-state index < -0.39 is 5.97 Å². The van der Waals surface area contributed by atoms with Gasteiger partial charge in [0.2, 0.25) is 0 Å². The van der Waals surface area contributed by atoms with E-state index in [2.05, 4.69) is 21.7 Å². The highest BCUT2D eigenvalue weighted by molar-refractivity contribution is 7.07. The number of anilines is 1. The SMILES string of the molecule is O=C(O)C1CCN(CCc2ccsc2)c2ccccc21. The molecule has 3 nitrogen and oxygen atoms in total. The highest BCUT2D eigenvalue weighted by atomic mass is 32.1. The van der Waals surface area contributed by atoms with Crippen LogP contribution in [0.25, 0.3) is 0 Å². The molecule has 0 spiro atoms. The molecule has 2 heterocycles. The number of hydrogen-bond acceptors (Lipinski definition) is 3. The van der Waals surface area contributed by atoms with E-state index in [1.54, 1.807) is 11.3 Å². The molecule has 0 amide bonds. The van der Waals surface area contributed by atoms with Gasteiger partial charge in [0.25, 0.3) is 0 Å². The third-order valence-corrected chi connectivity index (χ3v) is 4.62. The summed E-state index contributed by atoms with van der Waals surface area (Å²) >= 11 is 1.72. The number of benzene rings is 1. The molecule has 0 radical (unpaired) electrons. The summed E-state index contributed by atoms with van der Waals surface area (Å²) in [5.74, 6) is -1.07. The summed E-state index contributed by atoms with van der Waals surface area (Å²) in [6.07, 6.45) is 1.70. The maximum Gasteiger partial charge on any atom is 0.311 e. The number of thiophene rings is 1. The maximum absolute atomic E-state index is 11.4. The molecule has 1 aliphatic heterocycles. The first-order valence-electron chi connectivity index (χ1n) is 6.83. The highest BCUT2D eigenvalue weighted by Gasteiger charge is 2.29. The first-order chi connectivity index (χ1) is 9.75. The highest BCUT2D eigenvalue weighted by Crippen LogP contribution is 2.35. The zero-order chi connectivity index (χ0) is 13.9. The van der Waals surface area contributed by atoms with Crippen molar-refractivity contribution >= 4 is 23.0 Å². The van der Waals surface area contributed by atoms with Crippen LogP contribution in [-0.4, -0.2) is 24.2 Å². The predicted molar refractivity (Wildman–Crippen MR) is 81.7 cm³/mol. The normalized spacial score (nSPS) is 17.8. The van der Waals surface area contributed by atoms with Crippen molar-refractivity contribution in [2.24, 2.45) is 0 Å². The van der Waals surface area contributed by atoms with Gasteiger partial charge in [0, 0.05) is 18.8 Å². The first kappa shape index (κ1) is 13.2. The predicted octanol–water partition coefficient (Wildman–Crippen LogP) is 3.37. The lowest BCUT2D eigenvalue weighted by Gasteiger charge is -2.34. The fraction of sp³-hybridized carbons (Fsp3) is 0.312. The molecule has 1 atom stereocenters. The van der Waals surface area contributed by atoms with E-state index in [1.165, 1.54) is 5.56 Å². The molecule has 1 aliphatic rings. The van der Waals surface area contributed by atoms with Crippen LogP contribution in [0.1, 0.15) is 23.5 Å². The van der Waals surface area contributed by atoms with Crippen molar-refractivity contribution in [3.8, 4) is 0 Å². The fourth-order valence-corrected chi connectivity index (χ4v) is 3.52. The Hall–Kier alpha value is -1.81. The number of aliphatic carboxylic acids is 1. The van der Waals surface area contributed by atoms with Crippen LogP contribution in [0.5, 0.6) is 0 Å². The van der Waals surface area contributed by atoms with E-state index in [-0.39, 0.29) is 5.92 Å². The Labute approximate surface area is 122 Å². The molecule has 104 valence electrons. The van der Waals surface area contributed by atoms with E-state index in [9.17, 15) is 9.90 Å². The lowest BCUT2D eigenvalue weighted by Crippen LogP contribution is -2.34. The molecule has 0 bridgehead atoms. The zero-order valence-electron chi connectivity index (χ0n) is 11.2. The summed E-state index contributed by atoms with van der Waals surface area (Å²) in [6, 6.07) is 10.1. The topological polar surface area (TPSA) is 40.5 Å². The van der Waals surface area contributed by atoms with E-state index >= 15 is 0 Å². The van der Waals surface area contributed by atoms with E-state index in [1.807, 2.05) is 24.3 Å². The lowest BCUT2D eigenvalue weighted by atomic mass is 9.90. The van der Waals surface area contributed by atoms with Crippen LogP contribution in [0.2, 0.25) is 0 Å². The zero-order valence-corrected chi connectivity index (χ0v) is 12.0. The van der Waals surface area contributed by atoms with Crippen molar-refractivity contribution in [1.82, 2.24) is 0 Å². The Morgan fingerprint density at radius 2 is 2.20 bits per heavy atom. The van der Waals surface area contributed by atoms with Crippen LogP contribution in [0.15, 0.2) is 41.1 Å². The molecule has 0 aliphatic carbocycles. The van der Waals surface area contributed by atoms with Gasteiger partial charge in [-0.25, -0.2) is 0 Å². The minimum absolute atomic E-state index is 0.358. The Morgan fingerprint density at radius 3 is 2.95 bits per heavy atom. The quantitative estimate of drug-likeness (QED) is 0.937. The van der Waals surface area contributed by atoms with E-state index in [4.69, 9.17) is 0 Å². The summed E-state index contributed by atoms with van der Waals surface area (Å²) < 4.78 is 0. The maximum atomic E-state index is 11.4. The van der Waals surface area contributed by atoms with Gasteiger partial charge in [-0.3, -0.25) is 4.79 Å². The molecule has 0 saturated carbocycles. The summed E-state index contributed by atoms with van der Waals surface area (Å²) in [7, 11) is 0. The Kier molecular flexibility index (Phi) is 3.74. The molecule has 1 unspecified atom stereocenters. The molecule has 2 aromatic rings. The van der Waals surface area contributed by atoms with Gasteiger partial charge in [-0.15, -0.1) is 0 Å². The van der Waals surface area contributed by atoms with Gasteiger partial charge in [-0.2, -0.15) is 11.3 Å². The average molecular weight is 287 g/mol. The number of carbonyl (C=O) groups is 1. The summed E-state index contributed by atoms with van der Waals surface area (Å²) in [6.45, 7) is 1.76. The van der Waals surface area contributed by atoms with Gasteiger partial charge < -0.3 is 10.0 Å². The standard InChI is InChI=1S/C16H17NO2S/c18-16(19)14-6-9-17(8-5-12-7-10-20-11-12)15-4-2-1-3-13(14)15/h1-4,7,10-11,14H,5-6,8-9H2,(H,18,19). The number of nitrogens with zero attached hydrogens (tertiary/aromatic N) is 1. The van der Waals surface area contributed by atoms with Gasteiger partial charge in [0.1, 0.15) is 0 Å². The second-order valence-corrected chi connectivity index (χ2v) is 5.89. The van der Waals surface area contributed by atoms with Crippen molar-refractivity contribution in [2.45, 2.75) is 18.8 Å². The first-order valence-corrected chi connectivity index (χ1v) is 7.78. The third-order valence-electron chi connectivity index (χ3n) is 3.89. The minimum Gasteiger partial charge on any atom is -0.481 e. The number of carboxylic acids is 1. The molecule has 1 aromatic carbocycles. The number of hydrogen-bond donors (Lipinski definition) is 1. The molecule has 20 heavy (non-hydrogen) atoms. The average Bonchev–Trinajstić information content (AvgIpc) is 2.97. The molecule has 0 saturated heterocycles. The number of para-hydroxylation sites is 1. The molecule has 0 fully saturated rings. The van der Waals surface area contributed by atoms with Crippen molar-refractivity contribution in [2.75, 3.05) is 18.0 Å². The van der Waals surface area contributed by atoms with Crippen LogP contribution in [0.3, 0.4) is 0 Å². The van der Waals surface area contributed by atoms with Crippen LogP contribution in [0.4, 0.5) is 5.69 Å². The Balaban J connectivity index is 1.80. The smallest absolute Gasteiger partial charge is 0.311 e. The monoisotopic (exact) mass is 287 g/mol. The van der Waals surface area contributed by atoms with Gasteiger partial charge in [0.15, 0.2) is 0 Å². The van der Waals surface area contributed by atoms with Gasteiger partial charge in [-0.05, 0) is 46.9 Å². The van der Waals surface area contributed by atoms with Gasteiger partial charge in [0.05, 0.1) is 5.92 Å². The van der Waals surface area contributed by atoms with Crippen molar-refractivity contribution < 1.29 is 9.90 Å². The second-order valence-electron chi connectivity index (χ2n) is 5.11. The van der Waals surface area contributed by atoms with Crippen LogP contribution in [-0.2, 0) is 11.2 Å². The van der Waals surface area contributed by atoms with E-state index in [0.29, 0.717) is 6.42 Å². The molecular formula is C16H17NO2S. The summed E-state index contributed by atoms with van der Waals surface area (Å²) in [5, 5.41) is 13.6. The molecule has 1 N–H and O–H groups in total. The second kappa shape index (κ2) is 5.67. The van der Waals surface area contributed by atoms with Crippen molar-refractivity contribution in [1.29, 1.82) is 0 Å². The Morgan fingerprint density at radius 1 is 1.35 bits per heavy atom. The van der Waals surface area contributed by atoms with Crippen LogP contribution >= 0.6 is 11.3 Å². The van der Waals surface area contributed by atoms with Crippen molar-refractivity contribution in [3.63, 3.8) is 0 Å².